The van der Waals surface area contributed by atoms with Gasteiger partial charge in [0.2, 0.25) is 0 Å². The predicted molar refractivity (Wildman–Crippen MR) is 440 cm³/mol. The standard InChI is InChI=1S/C103H62F8N2O2/c1-3-61-21-41-73(42-22-61)114-75-45-29-65(30-46-75)101(63-25-33-67(104)34-26-63)85-17-9-5-13-77(85)81-49-37-69(53-89(81)101)112(99-59-95(108)93(106)57-97(99)110)71-39-51-83-79-15-7-11-19-87(79)103(91(83)55-71)88-20-12-8-16-80(88)84-52-40-72(56-92(84)103)113(100-60-96(109)94(107)58-98(100)111)70-38-50-82-78-14-6-10-18-86(78)102(90(82)54-70,64-27-35-68(105)36-28-64)66-31-47-76(48-32-66)115-74-43-23-62(4-2)24-44-74/h3-60H,1-2H2. The molecule has 1 spiro atoms. The summed E-state index contributed by atoms with van der Waals surface area (Å²) in [6, 6.07) is 101. The average Bonchev–Trinajstić information content (AvgIpc) is 1.50. The van der Waals surface area contributed by atoms with Crippen molar-refractivity contribution >= 4 is 46.3 Å². The SMILES string of the molecule is C=Cc1ccc(Oc2ccc(C3(c4ccc(F)cc4)c4ccccc4-c4ccc(N(c5ccc6c(c5)C5(c7ccccc7-6)c6ccccc6-c6ccc(N(c7ccc8c(c7)C(c7ccc(F)cc7)(c7ccc(Oc9ccc(C=C)cc9)cc7)c7ccccc7-8)c7cc(F)c(F)cc7F)cc65)c5cc(F)c(F)cc5F)cc43)cc2)cc1. The number of benzene rings is 16. The lowest BCUT2D eigenvalue weighted by atomic mass is 9.67. The first kappa shape index (κ1) is 69.8. The second kappa shape index (κ2) is 27.0. The predicted octanol–water partition coefficient (Wildman–Crippen LogP) is 27.7. The zero-order valence-electron chi connectivity index (χ0n) is 61.1. The third-order valence-corrected chi connectivity index (χ3v) is 23.4. The Balaban J connectivity index is 0.782. The molecule has 115 heavy (non-hydrogen) atoms. The lowest BCUT2D eigenvalue weighted by Gasteiger charge is -2.36. The number of rotatable bonds is 16. The van der Waals surface area contributed by atoms with Crippen LogP contribution in [-0.4, -0.2) is 0 Å². The van der Waals surface area contributed by atoms with Crippen molar-refractivity contribution in [3.05, 3.63) is 477 Å². The van der Waals surface area contributed by atoms with E-state index in [1.807, 2.05) is 255 Å². The first-order chi connectivity index (χ1) is 56.1. The summed E-state index contributed by atoms with van der Waals surface area (Å²) >= 11 is 0. The summed E-state index contributed by atoms with van der Waals surface area (Å²) in [5.41, 5.74) is 14.9. The second-order valence-electron chi connectivity index (χ2n) is 29.3. The maximum atomic E-state index is 17.6. The Morgan fingerprint density at radius 3 is 0.765 bits per heavy atom. The van der Waals surface area contributed by atoms with Gasteiger partial charge in [0.15, 0.2) is 23.3 Å². The molecule has 0 radical (unpaired) electrons. The van der Waals surface area contributed by atoms with Crippen molar-refractivity contribution in [1.82, 2.24) is 0 Å². The fourth-order valence-electron chi connectivity index (χ4n) is 18.6. The number of ether oxygens (including phenoxy) is 2. The van der Waals surface area contributed by atoms with Gasteiger partial charge in [0.1, 0.15) is 46.3 Å². The van der Waals surface area contributed by atoms with Crippen molar-refractivity contribution in [2.45, 2.75) is 16.2 Å². The number of anilines is 6. The zero-order valence-corrected chi connectivity index (χ0v) is 61.1. The van der Waals surface area contributed by atoms with Crippen LogP contribution in [0.3, 0.4) is 0 Å². The minimum atomic E-state index is -1.39. The van der Waals surface area contributed by atoms with Crippen molar-refractivity contribution in [1.29, 1.82) is 0 Å². The second-order valence-corrected chi connectivity index (χ2v) is 29.3. The lowest BCUT2D eigenvalue weighted by Crippen LogP contribution is -2.29. The van der Waals surface area contributed by atoms with E-state index in [0.717, 1.165) is 112 Å². The number of hydrogen-bond acceptors (Lipinski definition) is 4. The summed E-state index contributed by atoms with van der Waals surface area (Å²) in [5.74, 6) is -6.09. The highest BCUT2D eigenvalue weighted by molar-refractivity contribution is 5.99. The molecule has 20 rings (SSSR count). The molecule has 16 aromatic rings. The fourth-order valence-corrected chi connectivity index (χ4v) is 18.6. The number of fused-ring (bicyclic) bond motifs is 16. The third kappa shape index (κ3) is 10.7. The lowest BCUT2D eigenvalue weighted by molar-refractivity contribution is 0.482. The van der Waals surface area contributed by atoms with Crippen LogP contribution >= 0.6 is 0 Å². The van der Waals surface area contributed by atoms with Gasteiger partial charge in [-0.25, -0.2) is 35.1 Å². The van der Waals surface area contributed by atoms with Gasteiger partial charge >= 0.3 is 0 Å². The summed E-state index contributed by atoms with van der Waals surface area (Å²) in [4.78, 5) is 3.19. The minimum Gasteiger partial charge on any atom is -0.457 e. The van der Waals surface area contributed by atoms with E-state index in [1.165, 1.54) is 24.3 Å². The van der Waals surface area contributed by atoms with Gasteiger partial charge in [0, 0.05) is 47.0 Å². The summed E-state index contributed by atoms with van der Waals surface area (Å²) in [5, 5.41) is 0. The summed E-state index contributed by atoms with van der Waals surface area (Å²) in [6.45, 7) is 7.76. The van der Waals surface area contributed by atoms with E-state index in [-0.39, 0.29) is 11.4 Å². The smallest absolute Gasteiger partial charge is 0.161 e. The van der Waals surface area contributed by atoms with Gasteiger partial charge in [0.25, 0.3) is 0 Å². The molecule has 4 aliphatic carbocycles. The van der Waals surface area contributed by atoms with Crippen molar-refractivity contribution in [2.24, 2.45) is 0 Å². The Hall–Kier alpha value is -14.4. The Kier molecular flexibility index (Phi) is 16.4. The Labute approximate surface area is 658 Å². The average molecular weight is 1510 g/mol. The Morgan fingerprint density at radius 1 is 0.226 bits per heavy atom. The molecule has 4 nitrogen and oxygen atoms in total. The van der Waals surface area contributed by atoms with Crippen LogP contribution in [-0.2, 0) is 16.2 Å². The van der Waals surface area contributed by atoms with Gasteiger partial charge in [-0.05, 0) is 244 Å². The van der Waals surface area contributed by atoms with E-state index in [9.17, 15) is 0 Å². The number of nitrogens with zero attached hydrogens (tertiary/aromatic N) is 2. The molecule has 0 amide bonds. The molecule has 0 heterocycles. The third-order valence-electron chi connectivity index (χ3n) is 23.4. The first-order valence-electron chi connectivity index (χ1n) is 37.6. The molecule has 2 atom stereocenters. The van der Waals surface area contributed by atoms with E-state index in [0.29, 0.717) is 80.1 Å². The monoisotopic (exact) mass is 1510 g/mol. The maximum absolute atomic E-state index is 17.6. The maximum Gasteiger partial charge on any atom is 0.161 e. The molecular formula is C103H62F8N2O2. The molecule has 2 unspecified atom stereocenters. The topological polar surface area (TPSA) is 24.9 Å². The van der Waals surface area contributed by atoms with Crippen LogP contribution in [0.15, 0.2) is 353 Å². The summed E-state index contributed by atoms with van der Waals surface area (Å²) in [6.07, 6.45) is 3.50. The molecule has 552 valence electrons. The largest absolute Gasteiger partial charge is 0.457 e. The van der Waals surface area contributed by atoms with E-state index in [4.69, 9.17) is 9.47 Å². The quantitative estimate of drug-likeness (QED) is 0.0711. The first-order valence-corrected chi connectivity index (χ1v) is 37.6. The molecule has 4 aliphatic rings. The Morgan fingerprint density at radius 2 is 0.470 bits per heavy atom. The molecule has 0 bridgehead atoms. The highest BCUT2D eigenvalue weighted by Gasteiger charge is 2.54. The Bertz CT molecular complexity index is 6280. The zero-order chi connectivity index (χ0) is 78.2. The van der Waals surface area contributed by atoms with Crippen LogP contribution in [0.5, 0.6) is 23.0 Å². The summed E-state index contributed by atoms with van der Waals surface area (Å²) < 4.78 is 143. The molecule has 0 aromatic heterocycles. The molecule has 0 saturated carbocycles. The van der Waals surface area contributed by atoms with E-state index in [1.54, 1.807) is 46.2 Å². The minimum absolute atomic E-state index is 0.315. The van der Waals surface area contributed by atoms with Crippen molar-refractivity contribution in [3.63, 3.8) is 0 Å². The van der Waals surface area contributed by atoms with Crippen LogP contribution in [0.25, 0.3) is 56.7 Å². The van der Waals surface area contributed by atoms with E-state index < -0.39 is 62.8 Å². The molecule has 0 fully saturated rings. The van der Waals surface area contributed by atoms with Crippen molar-refractivity contribution in [2.75, 3.05) is 9.80 Å². The van der Waals surface area contributed by atoms with E-state index in [2.05, 4.69) is 25.3 Å². The van der Waals surface area contributed by atoms with Crippen LogP contribution in [0.4, 0.5) is 69.2 Å². The molecule has 0 aliphatic heterocycles. The van der Waals surface area contributed by atoms with Crippen molar-refractivity contribution < 1.29 is 44.6 Å². The summed E-state index contributed by atoms with van der Waals surface area (Å²) in [7, 11) is 0. The van der Waals surface area contributed by atoms with Crippen LogP contribution in [0.1, 0.15) is 77.9 Å². The molecule has 0 N–H and O–H groups in total. The van der Waals surface area contributed by atoms with Gasteiger partial charge in [-0.15, -0.1) is 0 Å². The van der Waals surface area contributed by atoms with Crippen LogP contribution in [0.2, 0.25) is 0 Å². The number of halogens is 8. The molecule has 0 saturated heterocycles. The number of hydrogen-bond donors (Lipinski definition) is 0. The van der Waals surface area contributed by atoms with Gasteiger partial charge < -0.3 is 19.3 Å². The highest BCUT2D eigenvalue weighted by Crippen LogP contribution is 2.66. The van der Waals surface area contributed by atoms with Gasteiger partial charge in [-0.1, -0.05) is 219 Å². The van der Waals surface area contributed by atoms with Crippen LogP contribution < -0.4 is 19.3 Å². The van der Waals surface area contributed by atoms with E-state index >= 15 is 35.1 Å². The highest BCUT2D eigenvalue weighted by atomic mass is 19.2. The van der Waals surface area contributed by atoms with Gasteiger partial charge in [-0.3, -0.25) is 0 Å². The molecule has 16 aromatic carbocycles. The van der Waals surface area contributed by atoms with Crippen molar-refractivity contribution in [3.8, 4) is 67.5 Å². The normalized spacial score (nSPS) is 16.0. The van der Waals surface area contributed by atoms with Gasteiger partial charge in [-0.2, -0.15) is 0 Å². The van der Waals surface area contributed by atoms with Crippen LogP contribution in [0, 0.1) is 46.5 Å². The van der Waals surface area contributed by atoms with Gasteiger partial charge in [0.05, 0.1) is 27.6 Å². The molecule has 12 heteroatoms. The molecular weight excluding hydrogens is 1450 g/mol. The fraction of sp³-hybridized carbons (Fsp3) is 0.0291.